The molecule has 0 spiro atoms. The summed E-state index contributed by atoms with van der Waals surface area (Å²) in [4.78, 5) is 12.5. The number of nitrogens with two attached hydrogens (primary N) is 1. The summed E-state index contributed by atoms with van der Waals surface area (Å²) in [6.07, 6.45) is 0.496. The fourth-order valence-corrected chi connectivity index (χ4v) is 2.28. The molecule has 0 aliphatic heterocycles. The van der Waals surface area contributed by atoms with Crippen LogP contribution in [0.5, 0.6) is 0 Å². The highest BCUT2D eigenvalue weighted by atomic mass is 16.2. The van der Waals surface area contributed by atoms with E-state index < -0.39 is 24.7 Å². The van der Waals surface area contributed by atoms with E-state index in [-0.39, 0.29) is 5.92 Å². The standard InChI is InChI=1S/C13H18N2O/c1-2-15-12(16)13(8-11(13)9-14)10-6-4-3-5-7-10/h3-7,11H,2,8-9,14H2,1H3,(H,15,16)/t11-,13+/m1/s1/i1D3,2D2. The van der Waals surface area contributed by atoms with Crippen LogP contribution in [0.3, 0.4) is 0 Å². The van der Waals surface area contributed by atoms with Crippen LogP contribution in [0.4, 0.5) is 0 Å². The quantitative estimate of drug-likeness (QED) is 0.801. The van der Waals surface area contributed by atoms with Gasteiger partial charge in [-0.15, -0.1) is 0 Å². The van der Waals surface area contributed by atoms with Gasteiger partial charge in [0.05, 0.1) is 5.41 Å². The molecule has 1 aliphatic rings. The maximum absolute atomic E-state index is 12.5. The van der Waals surface area contributed by atoms with Crippen molar-refractivity contribution in [1.82, 2.24) is 5.32 Å². The molecule has 3 nitrogen and oxygen atoms in total. The van der Waals surface area contributed by atoms with E-state index in [1.165, 1.54) is 0 Å². The lowest BCUT2D eigenvalue weighted by atomic mass is 9.92. The zero-order valence-corrected chi connectivity index (χ0v) is 8.86. The van der Waals surface area contributed by atoms with Crippen LogP contribution >= 0.6 is 0 Å². The predicted octanol–water partition coefficient (Wildman–Crippen LogP) is 1.04. The van der Waals surface area contributed by atoms with Crippen molar-refractivity contribution >= 4 is 5.91 Å². The Morgan fingerprint density at radius 2 is 2.44 bits per heavy atom. The van der Waals surface area contributed by atoms with Gasteiger partial charge in [-0.25, -0.2) is 0 Å². The minimum absolute atomic E-state index is 0.104. The van der Waals surface area contributed by atoms with Gasteiger partial charge >= 0.3 is 0 Å². The minimum Gasteiger partial charge on any atom is -0.356 e. The molecule has 2 rings (SSSR count). The first kappa shape index (κ1) is 6.40. The van der Waals surface area contributed by atoms with Crippen molar-refractivity contribution in [3.05, 3.63) is 35.9 Å². The second-order valence-corrected chi connectivity index (χ2v) is 4.05. The molecule has 3 N–H and O–H groups in total. The predicted molar refractivity (Wildman–Crippen MR) is 64.0 cm³/mol. The second kappa shape index (κ2) is 4.26. The van der Waals surface area contributed by atoms with Gasteiger partial charge in [0.15, 0.2) is 0 Å². The Kier molecular flexibility index (Phi) is 1.70. The van der Waals surface area contributed by atoms with Crippen LogP contribution in [0, 0.1) is 5.92 Å². The molecule has 0 bridgehead atoms. The molecular formula is C13H18N2O. The van der Waals surface area contributed by atoms with Gasteiger partial charge in [-0.1, -0.05) is 30.3 Å². The van der Waals surface area contributed by atoms with Crippen LogP contribution in [-0.2, 0) is 10.2 Å². The molecule has 1 aliphatic carbocycles. The molecule has 16 heavy (non-hydrogen) atoms. The maximum Gasteiger partial charge on any atom is 0.230 e. The molecule has 0 aromatic heterocycles. The molecule has 0 unspecified atom stereocenters. The molecule has 0 heterocycles. The summed E-state index contributed by atoms with van der Waals surface area (Å²) < 4.78 is 36.6. The first-order valence-electron chi connectivity index (χ1n) is 7.73. The summed E-state index contributed by atoms with van der Waals surface area (Å²) in [6.45, 7) is -5.40. The smallest absolute Gasteiger partial charge is 0.230 e. The lowest BCUT2D eigenvalue weighted by Crippen LogP contribution is -2.37. The van der Waals surface area contributed by atoms with E-state index in [0.717, 1.165) is 5.56 Å². The van der Waals surface area contributed by atoms with Crippen LogP contribution in [0.2, 0.25) is 0 Å². The van der Waals surface area contributed by atoms with Crippen molar-refractivity contribution in [3.8, 4) is 0 Å². The molecule has 3 heteroatoms. The molecule has 1 fully saturated rings. The van der Waals surface area contributed by atoms with E-state index in [0.29, 0.717) is 13.0 Å². The maximum atomic E-state index is 12.5. The lowest BCUT2D eigenvalue weighted by Gasteiger charge is -2.16. The SMILES string of the molecule is [2H]C([2H])([2H])C([2H])([2H])NC(=O)[C@]1(c2ccccc2)C[C@@H]1CN. The fraction of sp³-hybridized carbons (Fsp3) is 0.462. The summed E-state index contributed by atoms with van der Waals surface area (Å²) in [6, 6.07) is 8.94. The van der Waals surface area contributed by atoms with Crippen LogP contribution in [0.15, 0.2) is 30.3 Å². The van der Waals surface area contributed by atoms with Crippen LogP contribution in [0.25, 0.3) is 0 Å². The molecule has 0 saturated heterocycles. The van der Waals surface area contributed by atoms with Gasteiger partial charge in [0.1, 0.15) is 0 Å². The molecule has 1 amide bonds. The number of nitrogens with one attached hydrogen (secondary N) is 1. The van der Waals surface area contributed by atoms with E-state index in [1.54, 1.807) is 24.3 Å². The highest BCUT2D eigenvalue weighted by Gasteiger charge is 2.59. The van der Waals surface area contributed by atoms with Gasteiger partial charge < -0.3 is 11.1 Å². The molecule has 86 valence electrons. The number of carbonyl (C=O) groups excluding carboxylic acids is 1. The normalized spacial score (nSPS) is 33.8. The van der Waals surface area contributed by atoms with Crippen molar-refractivity contribution in [2.24, 2.45) is 11.7 Å². The van der Waals surface area contributed by atoms with Crippen LogP contribution in [0.1, 0.15) is 25.7 Å². The minimum atomic E-state index is -2.92. The average molecular weight is 223 g/mol. The van der Waals surface area contributed by atoms with Crippen molar-refractivity contribution in [2.45, 2.75) is 18.7 Å². The zero-order valence-electron chi connectivity index (χ0n) is 13.9. The molecule has 1 aromatic carbocycles. The molecule has 1 aromatic rings. The Morgan fingerprint density at radius 3 is 3.00 bits per heavy atom. The Labute approximate surface area is 103 Å². The Morgan fingerprint density at radius 1 is 1.69 bits per heavy atom. The first-order chi connectivity index (χ1) is 9.65. The molecule has 2 atom stereocenters. The van der Waals surface area contributed by atoms with E-state index in [1.807, 2.05) is 11.4 Å². The Bertz CT molecular complexity index is 531. The van der Waals surface area contributed by atoms with Gasteiger partial charge in [0.25, 0.3) is 0 Å². The van der Waals surface area contributed by atoms with Crippen molar-refractivity contribution < 1.29 is 11.6 Å². The third-order valence-corrected chi connectivity index (χ3v) is 3.26. The van der Waals surface area contributed by atoms with Crippen molar-refractivity contribution in [3.63, 3.8) is 0 Å². The number of likely N-dealkylation sites (N-methyl/N-ethyl adjacent to an activating group) is 1. The van der Waals surface area contributed by atoms with Crippen molar-refractivity contribution in [1.29, 1.82) is 0 Å². The van der Waals surface area contributed by atoms with Gasteiger partial charge in [0, 0.05) is 13.4 Å². The third-order valence-electron chi connectivity index (χ3n) is 3.26. The molecule has 1 saturated carbocycles. The van der Waals surface area contributed by atoms with E-state index in [9.17, 15) is 4.79 Å². The summed E-state index contributed by atoms with van der Waals surface area (Å²) in [5, 5.41) is 2.04. The number of benzene rings is 1. The largest absolute Gasteiger partial charge is 0.356 e. The summed E-state index contributed by atoms with van der Waals surface area (Å²) in [7, 11) is 0. The summed E-state index contributed by atoms with van der Waals surface area (Å²) in [5.74, 6) is -0.724. The summed E-state index contributed by atoms with van der Waals surface area (Å²) >= 11 is 0. The van der Waals surface area contributed by atoms with Gasteiger partial charge in [-0.05, 0) is 31.3 Å². The number of carbonyl (C=O) groups is 1. The topological polar surface area (TPSA) is 55.1 Å². The van der Waals surface area contributed by atoms with Crippen LogP contribution in [-0.4, -0.2) is 18.9 Å². The lowest BCUT2D eigenvalue weighted by molar-refractivity contribution is -0.123. The Hall–Kier alpha value is -1.35. The zero-order chi connectivity index (χ0) is 15.9. The summed E-state index contributed by atoms with van der Waals surface area (Å²) in [5.41, 5.74) is 5.46. The fourth-order valence-electron chi connectivity index (χ4n) is 2.28. The number of hydrogen-bond donors (Lipinski definition) is 2. The number of rotatable bonds is 4. The third kappa shape index (κ3) is 1.61. The Balaban J connectivity index is 2.28. The van der Waals surface area contributed by atoms with E-state index in [2.05, 4.69) is 0 Å². The average Bonchev–Trinajstić information content (AvgIpc) is 3.13. The first-order valence-corrected chi connectivity index (χ1v) is 5.23. The van der Waals surface area contributed by atoms with Crippen molar-refractivity contribution in [2.75, 3.05) is 13.0 Å². The molecule has 0 radical (unpaired) electrons. The van der Waals surface area contributed by atoms with E-state index in [4.69, 9.17) is 12.6 Å². The monoisotopic (exact) mass is 223 g/mol. The second-order valence-electron chi connectivity index (χ2n) is 4.05. The van der Waals surface area contributed by atoms with Gasteiger partial charge in [-0.3, -0.25) is 4.79 Å². The van der Waals surface area contributed by atoms with Crippen LogP contribution < -0.4 is 11.1 Å². The highest BCUT2D eigenvalue weighted by Crippen LogP contribution is 2.53. The van der Waals surface area contributed by atoms with E-state index >= 15 is 0 Å². The van der Waals surface area contributed by atoms with Gasteiger partial charge in [-0.2, -0.15) is 0 Å². The van der Waals surface area contributed by atoms with Gasteiger partial charge in [0.2, 0.25) is 5.91 Å². The number of hydrogen-bond acceptors (Lipinski definition) is 2. The number of amides is 1. The highest BCUT2D eigenvalue weighted by molar-refractivity contribution is 5.92. The molecular weight excluding hydrogens is 200 g/mol.